The summed E-state index contributed by atoms with van der Waals surface area (Å²) in [4.78, 5) is 0. The van der Waals surface area contributed by atoms with Gasteiger partial charge >= 0.3 is 0 Å². The molecule has 2 atom stereocenters. The van der Waals surface area contributed by atoms with E-state index in [1.807, 2.05) is 0 Å². The Bertz CT molecular complexity index is 218. The van der Waals surface area contributed by atoms with Crippen molar-refractivity contribution in [3.05, 3.63) is 0 Å². The first-order chi connectivity index (χ1) is 9.12. The van der Waals surface area contributed by atoms with Gasteiger partial charge in [0.2, 0.25) is 0 Å². The van der Waals surface area contributed by atoms with Crippen LogP contribution in [0, 0.1) is 11.8 Å². The summed E-state index contributed by atoms with van der Waals surface area (Å²) in [6, 6.07) is 0. The van der Waals surface area contributed by atoms with E-state index in [9.17, 15) is 0 Å². The Morgan fingerprint density at radius 2 is 1.50 bits per heavy atom. The van der Waals surface area contributed by atoms with E-state index in [-0.39, 0.29) is 17.0 Å². The monoisotopic (exact) mass is 347 g/mol. The van der Waals surface area contributed by atoms with Crippen LogP contribution in [0.5, 0.6) is 0 Å². The van der Waals surface area contributed by atoms with Gasteiger partial charge in [0.1, 0.15) is 0 Å². The summed E-state index contributed by atoms with van der Waals surface area (Å²) < 4.78 is 1.45. The number of piperidine rings is 1. The predicted molar refractivity (Wildman–Crippen MR) is 86.3 cm³/mol. The fraction of sp³-hybridized carbons (Fsp3) is 1.00. The maximum atomic E-state index is 2.50. The van der Waals surface area contributed by atoms with Gasteiger partial charge in [0.15, 0.2) is 0 Å². The average Bonchev–Trinajstić information content (AvgIpc) is 2.39. The van der Waals surface area contributed by atoms with Gasteiger partial charge in [-0.3, -0.25) is 0 Å². The van der Waals surface area contributed by atoms with Crippen molar-refractivity contribution in [2.24, 2.45) is 11.8 Å². The third-order valence-electron chi connectivity index (χ3n) is 5.25. The van der Waals surface area contributed by atoms with Crippen LogP contribution in [0.1, 0.15) is 79.1 Å². The van der Waals surface area contributed by atoms with Gasteiger partial charge < -0.3 is 21.5 Å². The molecule has 20 heavy (non-hydrogen) atoms. The van der Waals surface area contributed by atoms with Crippen LogP contribution in [0.2, 0.25) is 0 Å². The van der Waals surface area contributed by atoms with Crippen LogP contribution in [0.4, 0.5) is 0 Å². The molecule has 1 saturated heterocycles. The summed E-state index contributed by atoms with van der Waals surface area (Å²) in [5.41, 5.74) is 0. The summed E-state index contributed by atoms with van der Waals surface area (Å²) in [5.74, 6) is 1.86. The Kier molecular flexibility index (Phi) is 11.3. The number of likely N-dealkylation sites (tertiary alicyclic amines) is 1. The molecule has 0 aromatic rings. The Labute approximate surface area is 138 Å². The van der Waals surface area contributed by atoms with Crippen LogP contribution in [0.25, 0.3) is 0 Å². The van der Waals surface area contributed by atoms with E-state index in [2.05, 4.69) is 27.7 Å². The van der Waals surface area contributed by atoms with Gasteiger partial charge in [-0.05, 0) is 38.0 Å². The van der Waals surface area contributed by atoms with Gasteiger partial charge in [-0.1, -0.05) is 47.0 Å². The third kappa shape index (κ3) is 7.45. The summed E-state index contributed by atoms with van der Waals surface area (Å²) in [6.07, 6.45) is 11.5. The lowest BCUT2D eigenvalue weighted by Gasteiger charge is -2.43. The molecular weight excluding hydrogens is 310 g/mol. The van der Waals surface area contributed by atoms with Gasteiger partial charge in [-0.25, -0.2) is 0 Å². The molecule has 1 nitrogen and oxygen atoms in total. The molecule has 1 rings (SSSR count). The lowest BCUT2D eigenvalue weighted by Crippen LogP contribution is -3.00. The van der Waals surface area contributed by atoms with Crippen molar-refractivity contribution in [3.8, 4) is 0 Å². The number of halogens is 1. The summed E-state index contributed by atoms with van der Waals surface area (Å²) in [7, 11) is 0. The summed E-state index contributed by atoms with van der Waals surface area (Å²) >= 11 is 0. The zero-order valence-electron chi connectivity index (χ0n) is 14.5. The maximum absolute atomic E-state index is 2.50. The van der Waals surface area contributed by atoms with Crippen LogP contribution in [-0.4, -0.2) is 30.7 Å². The predicted octanol–water partition coefficient (Wildman–Crippen LogP) is 2.25. The average molecular weight is 348 g/mol. The van der Waals surface area contributed by atoms with E-state index < -0.39 is 0 Å². The molecular formula is C18H38BrN. The minimum Gasteiger partial charge on any atom is -1.00 e. The van der Waals surface area contributed by atoms with Crippen molar-refractivity contribution in [1.29, 1.82) is 0 Å². The Hall–Kier alpha value is 0.440. The first-order valence-corrected chi connectivity index (χ1v) is 8.97. The second-order valence-corrected chi connectivity index (χ2v) is 7.31. The first kappa shape index (κ1) is 20.4. The smallest absolute Gasteiger partial charge is 0.0812 e. The molecule has 0 N–H and O–H groups in total. The molecule has 122 valence electrons. The van der Waals surface area contributed by atoms with Crippen molar-refractivity contribution >= 4 is 0 Å². The topological polar surface area (TPSA) is 0 Å². The highest BCUT2D eigenvalue weighted by Gasteiger charge is 2.30. The van der Waals surface area contributed by atoms with Gasteiger partial charge in [-0.15, -0.1) is 0 Å². The van der Waals surface area contributed by atoms with Gasteiger partial charge in [0.25, 0.3) is 0 Å². The molecule has 0 saturated carbocycles. The van der Waals surface area contributed by atoms with Crippen molar-refractivity contribution in [2.45, 2.75) is 79.1 Å². The zero-order chi connectivity index (χ0) is 14.1. The van der Waals surface area contributed by atoms with Crippen LogP contribution in [-0.2, 0) is 0 Å². The molecule has 0 aliphatic carbocycles. The number of hydrogen-bond acceptors (Lipinski definition) is 0. The van der Waals surface area contributed by atoms with E-state index in [1.165, 1.54) is 82.0 Å². The highest BCUT2D eigenvalue weighted by molar-refractivity contribution is 4.60. The summed E-state index contributed by atoms with van der Waals surface area (Å²) in [6.45, 7) is 15.4. The SMILES string of the molecule is CCC[N+]1(CC(C)CCCC(C)CC)CCCCC1.[Br-]. The van der Waals surface area contributed by atoms with Gasteiger partial charge in [0.05, 0.1) is 26.2 Å². The molecule has 1 heterocycles. The second-order valence-electron chi connectivity index (χ2n) is 7.31. The normalized spacial score (nSPS) is 21.0. The Morgan fingerprint density at radius 3 is 2.05 bits per heavy atom. The molecule has 2 heteroatoms. The molecule has 1 aliphatic heterocycles. The van der Waals surface area contributed by atoms with Crippen molar-refractivity contribution in [3.63, 3.8) is 0 Å². The highest BCUT2D eigenvalue weighted by Crippen LogP contribution is 2.24. The summed E-state index contributed by atoms with van der Waals surface area (Å²) in [5, 5.41) is 0. The van der Waals surface area contributed by atoms with Crippen LogP contribution in [0.15, 0.2) is 0 Å². The highest BCUT2D eigenvalue weighted by atomic mass is 79.9. The van der Waals surface area contributed by atoms with E-state index in [0.29, 0.717) is 0 Å². The quantitative estimate of drug-likeness (QED) is 0.561. The number of hydrogen-bond donors (Lipinski definition) is 0. The minimum absolute atomic E-state index is 0. The molecule has 0 aromatic carbocycles. The minimum atomic E-state index is 0. The molecule has 0 amide bonds. The molecule has 0 spiro atoms. The van der Waals surface area contributed by atoms with E-state index in [1.54, 1.807) is 0 Å². The van der Waals surface area contributed by atoms with E-state index in [4.69, 9.17) is 0 Å². The largest absolute Gasteiger partial charge is 1.00 e. The van der Waals surface area contributed by atoms with Crippen LogP contribution >= 0.6 is 0 Å². The molecule has 1 fully saturated rings. The van der Waals surface area contributed by atoms with Crippen molar-refractivity contribution < 1.29 is 21.5 Å². The molecule has 1 aliphatic rings. The molecule has 0 aromatic heterocycles. The van der Waals surface area contributed by atoms with E-state index in [0.717, 1.165) is 11.8 Å². The Balaban J connectivity index is 0.00000361. The first-order valence-electron chi connectivity index (χ1n) is 8.97. The number of rotatable bonds is 9. The Morgan fingerprint density at radius 1 is 0.900 bits per heavy atom. The molecule has 0 radical (unpaired) electrons. The van der Waals surface area contributed by atoms with Gasteiger partial charge in [0, 0.05) is 5.92 Å². The fourth-order valence-electron chi connectivity index (χ4n) is 3.93. The molecule has 0 bridgehead atoms. The number of nitrogens with zero attached hydrogens (tertiary/aromatic N) is 1. The van der Waals surface area contributed by atoms with Crippen LogP contribution < -0.4 is 17.0 Å². The number of quaternary nitrogens is 1. The second kappa shape index (κ2) is 11.1. The van der Waals surface area contributed by atoms with Crippen LogP contribution in [0.3, 0.4) is 0 Å². The zero-order valence-corrected chi connectivity index (χ0v) is 16.1. The molecule has 2 unspecified atom stereocenters. The van der Waals surface area contributed by atoms with Crippen molar-refractivity contribution in [1.82, 2.24) is 0 Å². The van der Waals surface area contributed by atoms with Crippen molar-refractivity contribution in [2.75, 3.05) is 26.2 Å². The fourth-order valence-corrected chi connectivity index (χ4v) is 3.93. The lowest BCUT2D eigenvalue weighted by molar-refractivity contribution is -0.935. The van der Waals surface area contributed by atoms with Gasteiger partial charge in [-0.2, -0.15) is 0 Å². The standard InChI is InChI=1S/C18H38N.BrH/c1-5-13-19(14-8-7-9-15-19)16-18(4)12-10-11-17(3)6-2;/h17-18H,5-16H2,1-4H3;1H/q+1;/p-1. The van der Waals surface area contributed by atoms with E-state index >= 15 is 0 Å². The third-order valence-corrected chi connectivity index (χ3v) is 5.25. The lowest BCUT2D eigenvalue weighted by atomic mass is 9.95. The maximum Gasteiger partial charge on any atom is 0.0812 e.